The number of hydrogen-bond acceptors (Lipinski definition) is 4. The molecule has 1 aromatic heterocycles. The Bertz CT molecular complexity index is 956. The van der Waals surface area contributed by atoms with Crippen molar-refractivity contribution in [1.82, 2.24) is 4.98 Å². The first-order valence-electron chi connectivity index (χ1n) is 6.17. The molecule has 108 valence electrons. The molecule has 0 unspecified atom stereocenters. The van der Waals surface area contributed by atoms with Crippen molar-refractivity contribution in [3.8, 4) is 0 Å². The van der Waals surface area contributed by atoms with Gasteiger partial charge in [-0.3, -0.25) is 9.71 Å². The minimum absolute atomic E-state index is 0.0709. The van der Waals surface area contributed by atoms with E-state index in [2.05, 4.69) is 9.71 Å². The number of rotatable bonds is 3. The van der Waals surface area contributed by atoms with Crippen molar-refractivity contribution >= 4 is 26.8 Å². The van der Waals surface area contributed by atoms with Crippen molar-refractivity contribution in [2.75, 3.05) is 4.72 Å². The molecule has 0 fully saturated rings. The molecule has 0 amide bonds. The van der Waals surface area contributed by atoms with Crippen LogP contribution in [0.1, 0.15) is 5.56 Å². The third kappa shape index (κ3) is 2.55. The molecule has 7 heteroatoms. The fourth-order valence-electron chi connectivity index (χ4n) is 2.09. The van der Waals surface area contributed by atoms with Crippen LogP contribution < -0.4 is 10.5 Å². The highest BCUT2D eigenvalue weighted by Gasteiger charge is 2.19. The number of sulfonamides is 1. The van der Waals surface area contributed by atoms with Gasteiger partial charge in [0.2, 0.25) is 0 Å². The Kier molecular flexibility index (Phi) is 3.06. The van der Waals surface area contributed by atoms with E-state index in [1.807, 2.05) is 0 Å². The highest BCUT2D eigenvalue weighted by molar-refractivity contribution is 7.92. The number of oxazole rings is 1. The Morgan fingerprint density at radius 1 is 1.14 bits per heavy atom. The number of aromatic amines is 1. The summed E-state index contributed by atoms with van der Waals surface area (Å²) in [6.45, 7) is 1.66. The van der Waals surface area contributed by atoms with E-state index >= 15 is 0 Å². The molecule has 0 bridgehead atoms. The first-order chi connectivity index (χ1) is 9.95. The molecule has 0 aliphatic rings. The van der Waals surface area contributed by atoms with Crippen molar-refractivity contribution in [1.29, 1.82) is 0 Å². The standard InChI is InChI=1S/C14H12N2O4S/c1-9-7-11-12(20-14(17)15-11)8-13(9)21(18,19)16-10-5-3-2-4-6-10/h2-8,16H,1H3,(H,15,17). The van der Waals surface area contributed by atoms with Crippen molar-refractivity contribution in [2.24, 2.45) is 0 Å². The van der Waals surface area contributed by atoms with Crippen LogP contribution in [-0.2, 0) is 10.0 Å². The van der Waals surface area contributed by atoms with Gasteiger partial charge in [0.1, 0.15) is 0 Å². The van der Waals surface area contributed by atoms with Crippen LogP contribution in [-0.4, -0.2) is 13.4 Å². The Labute approximate surface area is 120 Å². The van der Waals surface area contributed by atoms with Gasteiger partial charge in [-0.1, -0.05) is 18.2 Å². The fourth-order valence-corrected chi connectivity index (χ4v) is 3.39. The van der Waals surface area contributed by atoms with Crippen molar-refractivity contribution in [3.05, 3.63) is 58.6 Å². The quantitative estimate of drug-likeness (QED) is 0.776. The Balaban J connectivity index is 2.10. The van der Waals surface area contributed by atoms with Gasteiger partial charge in [-0.25, -0.2) is 13.2 Å². The van der Waals surface area contributed by atoms with Crippen LogP contribution in [0.4, 0.5) is 5.69 Å². The lowest BCUT2D eigenvalue weighted by atomic mass is 10.2. The van der Waals surface area contributed by atoms with E-state index < -0.39 is 15.8 Å². The molecule has 0 spiro atoms. The summed E-state index contributed by atoms with van der Waals surface area (Å²) >= 11 is 0. The summed E-state index contributed by atoms with van der Waals surface area (Å²) in [5.74, 6) is -0.616. The number of anilines is 1. The smallest absolute Gasteiger partial charge is 0.408 e. The molecule has 0 atom stereocenters. The summed E-state index contributed by atoms with van der Waals surface area (Å²) in [6, 6.07) is 11.5. The zero-order valence-corrected chi connectivity index (χ0v) is 11.9. The van der Waals surface area contributed by atoms with Gasteiger partial charge in [0.15, 0.2) is 5.58 Å². The summed E-state index contributed by atoms with van der Waals surface area (Å²) in [5, 5.41) is 0. The molecule has 3 rings (SSSR count). The summed E-state index contributed by atoms with van der Waals surface area (Å²) < 4.78 is 32.3. The highest BCUT2D eigenvalue weighted by atomic mass is 32.2. The lowest BCUT2D eigenvalue weighted by Gasteiger charge is -2.10. The Morgan fingerprint density at radius 2 is 1.86 bits per heavy atom. The van der Waals surface area contributed by atoms with E-state index in [1.165, 1.54) is 6.07 Å². The van der Waals surface area contributed by atoms with Crippen LogP contribution in [0.3, 0.4) is 0 Å². The fraction of sp³-hybridized carbons (Fsp3) is 0.0714. The number of aryl methyl sites for hydroxylation is 1. The molecule has 0 aliphatic heterocycles. The largest absolute Gasteiger partial charge is 0.417 e. The van der Waals surface area contributed by atoms with E-state index in [9.17, 15) is 13.2 Å². The SMILES string of the molecule is Cc1cc2[nH]c(=O)oc2cc1S(=O)(=O)Nc1ccccc1. The average Bonchev–Trinajstić information content (AvgIpc) is 2.77. The Hall–Kier alpha value is -2.54. The number of fused-ring (bicyclic) bond motifs is 1. The number of benzene rings is 2. The number of H-pyrrole nitrogens is 1. The van der Waals surface area contributed by atoms with Crippen molar-refractivity contribution in [3.63, 3.8) is 0 Å². The molecule has 2 aromatic carbocycles. The van der Waals surface area contributed by atoms with Crippen LogP contribution in [0.5, 0.6) is 0 Å². The lowest BCUT2D eigenvalue weighted by molar-refractivity contribution is 0.554. The van der Waals surface area contributed by atoms with E-state index in [1.54, 1.807) is 43.3 Å². The maximum absolute atomic E-state index is 12.4. The molecule has 0 aliphatic carbocycles. The van der Waals surface area contributed by atoms with Crippen LogP contribution in [0.25, 0.3) is 11.1 Å². The molecular weight excluding hydrogens is 292 g/mol. The minimum atomic E-state index is -3.75. The van der Waals surface area contributed by atoms with Gasteiger partial charge in [0.05, 0.1) is 10.4 Å². The van der Waals surface area contributed by atoms with Gasteiger partial charge in [-0.15, -0.1) is 0 Å². The summed E-state index contributed by atoms with van der Waals surface area (Å²) in [6.07, 6.45) is 0. The molecule has 21 heavy (non-hydrogen) atoms. The zero-order chi connectivity index (χ0) is 15.0. The maximum atomic E-state index is 12.4. The van der Waals surface area contributed by atoms with Gasteiger partial charge >= 0.3 is 5.76 Å². The molecule has 6 nitrogen and oxygen atoms in total. The van der Waals surface area contributed by atoms with E-state index in [-0.39, 0.29) is 10.5 Å². The number of aromatic nitrogens is 1. The van der Waals surface area contributed by atoms with Crippen LogP contribution in [0, 0.1) is 6.92 Å². The maximum Gasteiger partial charge on any atom is 0.417 e. The molecule has 2 N–H and O–H groups in total. The first-order valence-corrected chi connectivity index (χ1v) is 7.65. The second kappa shape index (κ2) is 4.78. The summed E-state index contributed by atoms with van der Waals surface area (Å²) in [4.78, 5) is 13.7. The van der Waals surface area contributed by atoms with Crippen molar-refractivity contribution < 1.29 is 12.8 Å². The van der Waals surface area contributed by atoms with Gasteiger partial charge in [-0.05, 0) is 30.7 Å². The van der Waals surface area contributed by atoms with Gasteiger partial charge in [0.25, 0.3) is 10.0 Å². The Morgan fingerprint density at radius 3 is 2.57 bits per heavy atom. The van der Waals surface area contributed by atoms with E-state index in [0.29, 0.717) is 16.8 Å². The molecule has 3 aromatic rings. The predicted molar refractivity (Wildman–Crippen MR) is 78.8 cm³/mol. The molecule has 0 saturated carbocycles. The highest BCUT2D eigenvalue weighted by Crippen LogP contribution is 2.23. The number of hydrogen-bond donors (Lipinski definition) is 2. The van der Waals surface area contributed by atoms with Crippen LogP contribution >= 0.6 is 0 Å². The average molecular weight is 304 g/mol. The van der Waals surface area contributed by atoms with Gasteiger partial charge in [0, 0.05) is 11.8 Å². The molecule has 0 radical (unpaired) electrons. The third-order valence-electron chi connectivity index (χ3n) is 3.03. The number of nitrogens with one attached hydrogen (secondary N) is 2. The van der Waals surface area contributed by atoms with Gasteiger partial charge < -0.3 is 4.42 Å². The monoisotopic (exact) mass is 304 g/mol. The predicted octanol–water partition coefficient (Wildman–Crippen LogP) is 2.23. The number of para-hydroxylation sites is 1. The van der Waals surface area contributed by atoms with Crippen molar-refractivity contribution in [2.45, 2.75) is 11.8 Å². The van der Waals surface area contributed by atoms with E-state index in [0.717, 1.165) is 0 Å². The van der Waals surface area contributed by atoms with Crippen LogP contribution in [0.2, 0.25) is 0 Å². The molecule has 0 saturated heterocycles. The topological polar surface area (TPSA) is 92.2 Å². The lowest BCUT2D eigenvalue weighted by Crippen LogP contribution is -2.14. The molecular formula is C14H12N2O4S. The second-order valence-electron chi connectivity index (χ2n) is 4.60. The van der Waals surface area contributed by atoms with Gasteiger partial charge in [-0.2, -0.15) is 0 Å². The summed E-state index contributed by atoms with van der Waals surface area (Å²) in [7, 11) is -3.75. The van der Waals surface area contributed by atoms with Crippen LogP contribution in [0.15, 0.2) is 56.6 Å². The zero-order valence-electron chi connectivity index (χ0n) is 11.1. The summed E-state index contributed by atoms with van der Waals surface area (Å²) in [5.41, 5.74) is 1.66. The molecule has 1 heterocycles. The minimum Gasteiger partial charge on any atom is -0.408 e. The normalized spacial score (nSPS) is 11.7. The third-order valence-corrected chi connectivity index (χ3v) is 4.56. The second-order valence-corrected chi connectivity index (χ2v) is 6.25. The first kappa shape index (κ1) is 13.4. The van der Waals surface area contributed by atoms with E-state index in [4.69, 9.17) is 4.42 Å².